The van der Waals surface area contributed by atoms with Crippen molar-refractivity contribution in [3.8, 4) is 66.8 Å². The maximum absolute atomic E-state index is 6.55. The predicted octanol–water partition coefficient (Wildman–Crippen LogP) is 17.9. The summed E-state index contributed by atoms with van der Waals surface area (Å²) in [6, 6.07) is 72.2. The highest BCUT2D eigenvalue weighted by molar-refractivity contribution is 6.29. The number of furan rings is 2. The molecule has 2 aromatic heterocycles. The van der Waals surface area contributed by atoms with Crippen molar-refractivity contribution in [2.45, 2.75) is 0 Å². The Morgan fingerprint density at radius 3 is 0.969 bits per heavy atom. The van der Waals surface area contributed by atoms with Crippen LogP contribution in [-0.4, -0.2) is 0 Å². The van der Waals surface area contributed by atoms with Gasteiger partial charge in [-0.3, -0.25) is 0 Å². The minimum Gasteiger partial charge on any atom is -0.456 e. The zero-order valence-corrected chi connectivity index (χ0v) is 34.3. The Morgan fingerprint density at radius 2 is 0.547 bits per heavy atom. The average molecular weight is 809 g/mol. The summed E-state index contributed by atoms with van der Waals surface area (Å²) in [7, 11) is 0. The van der Waals surface area contributed by atoms with Gasteiger partial charge in [-0.1, -0.05) is 121 Å². The van der Waals surface area contributed by atoms with E-state index in [-0.39, 0.29) is 0 Å². The van der Waals surface area contributed by atoms with Gasteiger partial charge in [-0.05, 0) is 193 Å². The zero-order chi connectivity index (χ0) is 41.4. The Morgan fingerprint density at radius 1 is 0.203 bits per heavy atom. The van der Waals surface area contributed by atoms with E-state index < -0.39 is 0 Å². The average Bonchev–Trinajstić information content (AvgIpc) is 4.09. The Hall–Kier alpha value is -8.46. The largest absolute Gasteiger partial charge is 0.456 e. The van der Waals surface area contributed by atoms with E-state index in [9.17, 15) is 0 Å². The standard InChI is InChI=1S/C62H32O2/c1-3-19-57-37(13-1)39-23-21-35(25-59(39)63-57)45-27-53-54(55-31-49-43-17-7-11-33-9-5-15-41(61(33)43)47(49)29-51(45)55)28-46(36-22-24-40-38-14-2-4-20-58(38)64-60(40)26-36)52-30-48-42-16-6-10-34-12-8-18-44(62(34)42)50(48)32-56(52)53/h1-32H. The summed E-state index contributed by atoms with van der Waals surface area (Å²) in [4.78, 5) is 0. The molecule has 2 aliphatic rings. The molecule has 0 aliphatic heterocycles. The second-order valence-corrected chi connectivity index (χ2v) is 17.9. The van der Waals surface area contributed by atoms with Crippen molar-refractivity contribution in [3.63, 3.8) is 0 Å². The van der Waals surface area contributed by atoms with Gasteiger partial charge >= 0.3 is 0 Å². The van der Waals surface area contributed by atoms with Crippen LogP contribution in [0, 0.1) is 0 Å². The highest BCUT2D eigenvalue weighted by Gasteiger charge is 2.27. The fraction of sp³-hybridized carbons (Fsp3) is 0. The summed E-state index contributed by atoms with van der Waals surface area (Å²) < 4.78 is 13.1. The second kappa shape index (κ2) is 11.7. The van der Waals surface area contributed by atoms with Crippen LogP contribution >= 0.6 is 0 Å². The van der Waals surface area contributed by atoms with Gasteiger partial charge in [-0.15, -0.1) is 0 Å². The minimum atomic E-state index is 0.898. The maximum Gasteiger partial charge on any atom is 0.136 e. The molecule has 2 nitrogen and oxygen atoms in total. The molecule has 0 spiro atoms. The van der Waals surface area contributed by atoms with E-state index in [0.29, 0.717) is 0 Å². The molecule has 0 radical (unpaired) electrons. The fourth-order valence-corrected chi connectivity index (χ4v) is 11.9. The number of hydrogen-bond acceptors (Lipinski definition) is 2. The third kappa shape index (κ3) is 4.20. The van der Waals surface area contributed by atoms with Crippen LogP contribution in [0.3, 0.4) is 0 Å². The normalized spacial score (nSPS) is 12.7. The van der Waals surface area contributed by atoms with Crippen LogP contribution in [0.2, 0.25) is 0 Å². The Labute approximate surface area is 365 Å². The molecule has 0 unspecified atom stereocenters. The minimum absolute atomic E-state index is 0.898. The lowest BCUT2D eigenvalue weighted by atomic mass is 9.84. The van der Waals surface area contributed by atoms with Gasteiger partial charge in [0.2, 0.25) is 0 Å². The van der Waals surface area contributed by atoms with Crippen molar-refractivity contribution >= 4 is 97.7 Å². The molecule has 0 N–H and O–H groups in total. The molecule has 0 fully saturated rings. The van der Waals surface area contributed by atoms with E-state index in [1.807, 2.05) is 12.1 Å². The van der Waals surface area contributed by atoms with Gasteiger partial charge in [-0.25, -0.2) is 0 Å². The molecule has 0 bridgehead atoms. The molecular weight excluding hydrogens is 777 g/mol. The summed E-state index contributed by atoms with van der Waals surface area (Å²) in [5.41, 5.74) is 18.6. The number of para-hydroxylation sites is 2. The van der Waals surface area contributed by atoms with Crippen LogP contribution in [0.1, 0.15) is 0 Å². The smallest absolute Gasteiger partial charge is 0.136 e. The number of fused-ring (bicyclic) bond motifs is 17. The molecule has 16 rings (SSSR count). The summed E-state index contributed by atoms with van der Waals surface area (Å²) in [6.07, 6.45) is 0. The SMILES string of the molecule is c1cc2c3c(cccc3c1)-c1cc3c(cc1-2)c(-c1ccc2c(c1)oc1ccccc12)cc1c2cc4c(cc2c(-c2ccc5c(c2)oc2ccccc25)cc31)-c1cccc2cccc-4c12. The monoisotopic (exact) mass is 808 g/mol. The molecule has 292 valence electrons. The van der Waals surface area contributed by atoms with E-state index in [1.165, 1.54) is 109 Å². The summed E-state index contributed by atoms with van der Waals surface area (Å²) >= 11 is 0. The van der Waals surface area contributed by atoms with Gasteiger partial charge in [0.15, 0.2) is 0 Å². The third-order valence-electron chi connectivity index (χ3n) is 14.7. The molecule has 14 aromatic rings. The third-order valence-corrected chi connectivity index (χ3v) is 14.7. The molecule has 0 atom stereocenters. The molecule has 2 heterocycles. The molecular formula is C62H32O2. The van der Waals surface area contributed by atoms with E-state index in [4.69, 9.17) is 8.83 Å². The Bertz CT molecular complexity index is 4180. The summed E-state index contributed by atoms with van der Waals surface area (Å²) in [5.74, 6) is 0. The van der Waals surface area contributed by atoms with Gasteiger partial charge in [-0.2, -0.15) is 0 Å². The predicted molar refractivity (Wildman–Crippen MR) is 268 cm³/mol. The first kappa shape index (κ1) is 33.2. The quantitative estimate of drug-likeness (QED) is 0.163. The van der Waals surface area contributed by atoms with Crippen LogP contribution in [0.25, 0.3) is 165 Å². The lowest BCUT2D eigenvalue weighted by Gasteiger charge is -2.19. The van der Waals surface area contributed by atoms with Gasteiger partial charge in [0.1, 0.15) is 22.3 Å². The van der Waals surface area contributed by atoms with Crippen LogP contribution in [0.15, 0.2) is 203 Å². The van der Waals surface area contributed by atoms with Gasteiger partial charge in [0, 0.05) is 21.5 Å². The van der Waals surface area contributed by atoms with Crippen LogP contribution in [0.5, 0.6) is 0 Å². The lowest BCUT2D eigenvalue weighted by Crippen LogP contribution is -1.91. The summed E-state index contributed by atoms with van der Waals surface area (Å²) in [5, 5.41) is 17.1. The summed E-state index contributed by atoms with van der Waals surface area (Å²) in [6.45, 7) is 0. The van der Waals surface area contributed by atoms with Crippen molar-refractivity contribution in [2.24, 2.45) is 0 Å². The first-order chi connectivity index (χ1) is 31.7. The van der Waals surface area contributed by atoms with E-state index >= 15 is 0 Å². The Balaban J connectivity index is 1.07. The van der Waals surface area contributed by atoms with Crippen molar-refractivity contribution in [1.82, 2.24) is 0 Å². The molecule has 0 amide bonds. The fourth-order valence-electron chi connectivity index (χ4n) is 11.9. The first-order valence-electron chi connectivity index (χ1n) is 22.1. The number of rotatable bonds is 2. The van der Waals surface area contributed by atoms with Crippen LogP contribution in [0.4, 0.5) is 0 Å². The van der Waals surface area contributed by atoms with Crippen LogP contribution in [-0.2, 0) is 0 Å². The zero-order valence-electron chi connectivity index (χ0n) is 34.3. The highest BCUT2D eigenvalue weighted by atomic mass is 16.3. The first-order valence-corrected chi connectivity index (χ1v) is 22.1. The highest BCUT2D eigenvalue weighted by Crippen LogP contribution is 2.54. The van der Waals surface area contributed by atoms with Gasteiger partial charge in [0.05, 0.1) is 0 Å². The van der Waals surface area contributed by atoms with Crippen molar-refractivity contribution in [3.05, 3.63) is 194 Å². The molecule has 2 aliphatic carbocycles. The van der Waals surface area contributed by atoms with Gasteiger partial charge in [0.25, 0.3) is 0 Å². The van der Waals surface area contributed by atoms with Crippen molar-refractivity contribution in [1.29, 1.82) is 0 Å². The molecule has 0 saturated carbocycles. The molecule has 2 heteroatoms. The number of benzene rings is 12. The van der Waals surface area contributed by atoms with E-state index in [1.54, 1.807) is 0 Å². The van der Waals surface area contributed by atoms with Crippen LogP contribution < -0.4 is 0 Å². The topological polar surface area (TPSA) is 26.3 Å². The lowest BCUT2D eigenvalue weighted by molar-refractivity contribution is 0.668. The van der Waals surface area contributed by atoms with Crippen molar-refractivity contribution < 1.29 is 8.83 Å². The second-order valence-electron chi connectivity index (χ2n) is 17.9. The number of hydrogen-bond donors (Lipinski definition) is 0. The Kier molecular flexibility index (Phi) is 6.08. The molecule has 64 heavy (non-hydrogen) atoms. The molecule has 0 saturated heterocycles. The van der Waals surface area contributed by atoms with E-state index in [2.05, 4.69) is 182 Å². The molecule has 12 aromatic carbocycles. The van der Waals surface area contributed by atoms with Crippen molar-refractivity contribution in [2.75, 3.05) is 0 Å². The van der Waals surface area contributed by atoms with Gasteiger partial charge < -0.3 is 8.83 Å². The van der Waals surface area contributed by atoms with E-state index in [0.717, 1.165) is 55.0 Å². The maximum atomic E-state index is 6.55.